The summed E-state index contributed by atoms with van der Waals surface area (Å²) in [6.45, 7) is 0.0497. The Kier molecular flexibility index (Phi) is 6.08. The van der Waals surface area contributed by atoms with Crippen LogP contribution >= 0.6 is 0 Å². The largest absolute Gasteiger partial charge is 0.506 e. The molecule has 1 saturated heterocycles. The summed E-state index contributed by atoms with van der Waals surface area (Å²) in [5.41, 5.74) is 0.744. The Morgan fingerprint density at radius 3 is 2.15 bits per heavy atom. The van der Waals surface area contributed by atoms with Crippen molar-refractivity contribution in [2.45, 2.75) is 12.6 Å². The number of amides is 1. The minimum atomic E-state index is -0.865. The zero-order chi connectivity index (χ0) is 23.5. The van der Waals surface area contributed by atoms with Crippen molar-refractivity contribution in [2.75, 3.05) is 21.3 Å². The average Bonchev–Trinajstić information content (AvgIpc) is 3.45. The first kappa shape index (κ1) is 22.0. The van der Waals surface area contributed by atoms with Crippen LogP contribution < -0.4 is 14.2 Å². The van der Waals surface area contributed by atoms with Gasteiger partial charge in [0.25, 0.3) is 11.7 Å². The summed E-state index contributed by atoms with van der Waals surface area (Å²) in [4.78, 5) is 27.7. The van der Waals surface area contributed by atoms with Gasteiger partial charge in [-0.25, -0.2) is 0 Å². The lowest BCUT2D eigenvalue weighted by molar-refractivity contribution is -0.140. The van der Waals surface area contributed by atoms with Crippen molar-refractivity contribution >= 4 is 17.4 Å². The van der Waals surface area contributed by atoms with E-state index in [1.165, 1.54) is 25.4 Å². The van der Waals surface area contributed by atoms with Crippen molar-refractivity contribution < 1.29 is 33.3 Å². The highest BCUT2D eigenvalue weighted by molar-refractivity contribution is 6.46. The monoisotopic (exact) mass is 449 g/mol. The van der Waals surface area contributed by atoms with Gasteiger partial charge in [-0.1, -0.05) is 18.2 Å². The molecule has 33 heavy (non-hydrogen) atoms. The summed E-state index contributed by atoms with van der Waals surface area (Å²) in [6.07, 6.45) is 1.49. The summed E-state index contributed by atoms with van der Waals surface area (Å²) in [6, 6.07) is 14.5. The molecule has 1 aliphatic rings. The fraction of sp³-hybridized carbons (Fsp3) is 0.200. The number of methoxy groups -OCH3 is 3. The molecule has 0 bridgehead atoms. The van der Waals surface area contributed by atoms with E-state index < -0.39 is 17.7 Å². The van der Waals surface area contributed by atoms with Crippen molar-refractivity contribution in [1.82, 2.24) is 4.90 Å². The SMILES string of the molecule is COc1ccc(C2/C(=C(\O)c3c(OC)cccc3OC)C(=O)C(=O)N2Cc2ccco2)cc1. The molecule has 2 aromatic carbocycles. The third kappa shape index (κ3) is 3.91. The number of carbonyl (C=O) groups excluding carboxylic acids is 2. The zero-order valence-corrected chi connectivity index (χ0v) is 18.4. The van der Waals surface area contributed by atoms with Gasteiger partial charge in [0.05, 0.1) is 45.8 Å². The number of ketones is 1. The molecule has 1 unspecified atom stereocenters. The van der Waals surface area contributed by atoms with E-state index in [-0.39, 0.29) is 23.4 Å². The van der Waals surface area contributed by atoms with E-state index in [2.05, 4.69) is 0 Å². The van der Waals surface area contributed by atoms with E-state index in [4.69, 9.17) is 18.6 Å². The van der Waals surface area contributed by atoms with Crippen LogP contribution in [0.15, 0.2) is 70.9 Å². The first-order chi connectivity index (χ1) is 16.0. The second-order valence-electron chi connectivity index (χ2n) is 7.32. The minimum absolute atomic E-state index is 0.0497. The molecule has 0 spiro atoms. The Bertz CT molecular complexity index is 1170. The Labute approximate surface area is 190 Å². The van der Waals surface area contributed by atoms with Crippen molar-refractivity contribution in [3.63, 3.8) is 0 Å². The number of aliphatic hydroxyl groups excluding tert-OH is 1. The quantitative estimate of drug-likeness (QED) is 0.332. The molecule has 3 aromatic rings. The van der Waals surface area contributed by atoms with Gasteiger partial charge < -0.3 is 28.6 Å². The fourth-order valence-corrected chi connectivity index (χ4v) is 3.97. The van der Waals surface area contributed by atoms with Crippen LogP contribution in [0.4, 0.5) is 0 Å². The second-order valence-corrected chi connectivity index (χ2v) is 7.32. The minimum Gasteiger partial charge on any atom is -0.506 e. The standard InChI is InChI=1S/C25H23NO7/c1-30-16-11-9-15(10-12-16)22-21(23(27)20-18(31-2)7-4-8-19(20)32-3)24(28)25(29)26(22)14-17-6-5-13-33-17/h4-13,22,27H,14H2,1-3H3/b23-21+. The number of carbonyl (C=O) groups is 2. The lowest BCUT2D eigenvalue weighted by Gasteiger charge is -2.25. The van der Waals surface area contributed by atoms with Gasteiger partial charge >= 0.3 is 0 Å². The summed E-state index contributed by atoms with van der Waals surface area (Å²) in [5, 5.41) is 11.4. The highest BCUT2D eigenvalue weighted by Crippen LogP contribution is 2.44. The van der Waals surface area contributed by atoms with Crippen LogP contribution in [0.5, 0.6) is 17.2 Å². The molecule has 2 heterocycles. The molecule has 1 aliphatic heterocycles. The first-order valence-electron chi connectivity index (χ1n) is 10.2. The third-order valence-corrected chi connectivity index (χ3v) is 5.54. The lowest BCUT2D eigenvalue weighted by atomic mass is 9.94. The molecule has 1 amide bonds. The summed E-state index contributed by atoms with van der Waals surface area (Å²) in [7, 11) is 4.44. The van der Waals surface area contributed by atoms with Crippen molar-refractivity contribution in [1.29, 1.82) is 0 Å². The van der Waals surface area contributed by atoms with Crippen molar-refractivity contribution in [2.24, 2.45) is 0 Å². The molecular formula is C25H23NO7. The van der Waals surface area contributed by atoms with Crippen LogP contribution in [0.2, 0.25) is 0 Å². The Morgan fingerprint density at radius 2 is 1.61 bits per heavy atom. The number of likely N-dealkylation sites (tertiary alicyclic amines) is 1. The van der Waals surface area contributed by atoms with Crippen molar-refractivity contribution in [3.8, 4) is 17.2 Å². The maximum absolute atomic E-state index is 13.2. The maximum atomic E-state index is 13.2. The number of Topliss-reactive ketones (excluding diaryl/α,β-unsaturated/α-hetero) is 1. The van der Waals surface area contributed by atoms with Gasteiger partial charge in [0.1, 0.15) is 34.3 Å². The number of ether oxygens (including phenoxy) is 3. The van der Waals surface area contributed by atoms with E-state index in [1.54, 1.807) is 61.7 Å². The number of furan rings is 1. The molecule has 8 heteroatoms. The first-order valence-corrected chi connectivity index (χ1v) is 10.2. The van der Waals surface area contributed by atoms with Crippen LogP contribution in [-0.2, 0) is 16.1 Å². The van der Waals surface area contributed by atoms with E-state index in [9.17, 15) is 14.7 Å². The molecule has 4 rings (SSSR count). The van der Waals surface area contributed by atoms with E-state index in [0.717, 1.165) is 0 Å². The zero-order valence-electron chi connectivity index (χ0n) is 18.4. The number of nitrogens with zero attached hydrogens (tertiary/aromatic N) is 1. The lowest BCUT2D eigenvalue weighted by Crippen LogP contribution is -2.29. The molecule has 0 saturated carbocycles. The summed E-state index contributed by atoms with van der Waals surface area (Å²) >= 11 is 0. The fourth-order valence-electron chi connectivity index (χ4n) is 3.97. The number of hydrogen-bond donors (Lipinski definition) is 1. The van der Waals surface area contributed by atoms with Gasteiger partial charge in [-0.15, -0.1) is 0 Å². The topological polar surface area (TPSA) is 98.4 Å². The summed E-state index contributed by atoms with van der Waals surface area (Å²) < 4.78 is 21.4. The highest BCUT2D eigenvalue weighted by Gasteiger charge is 2.47. The van der Waals surface area contributed by atoms with Crippen molar-refractivity contribution in [3.05, 3.63) is 83.3 Å². The maximum Gasteiger partial charge on any atom is 0.296 e. The molecule has 1 fully saturated rings. The van der Waals surface area contributed by atoms with Gasteiger partial charge in [-0.05, 0) is 42.0 Å². The number of benzene rings is 2. The van der Waals surface area contributed by atoms with Gasteiger partial charge in [0.15, 0.2) is 0 Å². The predicted octanol–water partition coefficient (Wildman–Crippen LogP) is 3.93. The van der Waals surface area contributed by atoms with Crippen LogP contribution in [0.3, 0.4) is 0 Å². The second kappa shape index (κ2) is 9.12. The predicted molar refractivity (Wildman–Crippen MR) is 119 cm³/mol. The molecule has 1 aromatic heterocycles. The molecule has 8 nitrogen and oxygen atoms in total. The third-order valence-electron chi connectivity index (χ3n) is 5.54. The van der Waals surface area contributed by atoms with E-state index in [1.807, 2.05) is 0 Å². The Morgan fingerprint density at radius 1 is 0.939 bits per heavy atom. The number of rotatable bonds is 7. The normalized spacial score (nSPS) is 17.3. The molecule has 170 valence electrons. The van der Waals surface area contributed by atoms with Crippen LogP contribution in [0.1, 0.15) is 22.9 Å². The summed E-state index contributed by atoms with van der Waals surface area (Å²) in [5.74, 6) is -0.214. The number of aliphatic hydroxyl groups is 1. The molecule has 0 aliphatic carbocycles. The van der Waals surface area contributed by atoms with E-state index in [0.29, 0.717) is 28.6 Å². The van der Waals surface area contributed by atoms with Crippen LogP contribution in [0.25, 0.3) is 5.76 Å². The van der Waals surface area contributed by atoms with Gasteiger partial charge in [0, 0.05) is 0 Å². The molecule has 1 N–H and O–H groups in total. The molecular weight excluding hydrogens is 426 g/mol. The molecule has 1 atom stereocenters. The van der Waals surface area contributed by atoms with Gasteiger partial charge in [0.2, 0.25) is 0 Å². The average molecular weight is 449 g/mol. The van der Waals surface area contributed by atoms with Gasteiger partial charge in [-0.3, -0.25) is 9.59 Å². The Hall–Kier alpha value is -4.20. The van der Waals surface area contributed by atoms with Crippen LogP contribution in [0, 0.1) is 0 Å². The number of hydrogen-bond acceptors (Lipinski definition) is 7. The Balaban J connectivity index is 1.93. The van der Waals surface area contributed by atoms with Gasteiger partial charge in [-0.2, -0.15) is 0 Å². The van der Waals surface area contributed by atoms with E-state index >= 15 is 0 Å². The smallest absolute Gasteiger partial charge is 0.296 e. The van der Waals surface area contributed by atoms with Crippen LogP contribution in [-0.4, -0.2) is 43.0 Å². The molecule has 0 radical (unpaired) electrons. The highest BCUT2D eigenvalue weighted by atomic mass is 16.5.